The van der Waals surface area contributed by atoms with Gasteiger partial charge in [0.15, 0.2) is 0 Å². The smallest absolute Gasteiger partial charge is 0.211 e. The number of aliphatic hydroxyl groups is 1. The highest BCUT2D eigenvalue weighted by Crippen LogP contribution is 2.45. The zero-order valence-corrected chi connectivity index (χ0v) is 19.4. The molecule has 0 radical (unpaired) electrons. The Morgan fingerprint density at radius 3 is 2.68 bits per heavy atom. The molecule has 0 spiro atoms. The highest BCUT2D eigenvalue weighted by atomic mass is 79.9. The fourth-order valence-electron chi connectivity index (χ4n) is 3.84. The minimum Gasteiger partial charge on any atom is -0.497 e. The number of hydrogen-bond donors (Lipinski definition) is 1. The summed E-state index contributed by atoms with van der Waals surface area (Å²) in [5.41, 5.74) is 2.68. The quantitative estimate of drug-likeness (QED) is 0.457. The van der Waals surface area contributed by atoms with Crippen molar-refractivity contribution in [2.45, 2.75) is 38.5 Å². The summed E-state index contributed by atoms with van der Waals surface area (Å²) in [4.78, 5) is 6.99. The number of imidazole rings is 1. The number of aliphatic hydroxyl groups excluding tert-OH is 1. The summed E-state index contributed by atoms with van der Waals surface area (Å²) in [6, 6.07) is 9.56. The molecule has 28 heavy (non-hydrogen) atoms. The van der Waals surface area contributed by atoms with Crippen LogP contribution in [-0.4, -0.2) is 33.9 Å². The van der Waals surface area contributed by atoms with E-state index in [-0.39, 0.29) is 6.04 Å². The third kappa shape index (κ3) is 3.22. The van der Waals surface area contributed by atoms with Gasteiger partial charge >= 0.3 is 0 Å². The van der Waals surface area contributed by atoms with E-state index >= 15 is 0 Å². The number of ether oxygens (including phenoxy) is 1. The molecule has 1 aliphatic heterocycles. The van der Waals surface area contributed by atoms with Crippen LogP contribution in [0.25, 0.3) is 11.0 Å². The Bertz CT molecular complexity index is 1020. The van der Waals surface area contributed by atoms with Gasteiger partial charge in [0.2, 0.25) is 5.95 Å². The molecule has 0 fully saturated rings. The maximum Gasteiger partial charge on any atom is 0.211 e. The second-order valence-electron chi connectivity index (χ2n) is 6.81. The molecule has 1 N–H and O–H groups in total. The van der Waals surface area contributed by atoms with Crippen LogP contribution in [0.15, 0.2) is 39.3 Å². The molecule has 1 aromatic heterocycles. The summed E-state index contributed by atoms with van der Waals surface area (Å²) >= 11 is 13.8. The first-order chi connectivity index (χ1) is 13.5. The standard InChI is InChI=1S/C20H20Br2ClN3O2/c1-3-17(27)15-7-8-25-16-6-4-5-14(23)18(16)24-20(25)26(15)19-12(21)9-11(28-2)10-13(19)22/h4-6,9-10,15,17,27H,3,7-8H2,1-2H3. The average Bonchev–Trinajstić information content (AvgIpc) is 3.07. The van der Waals surface area contributed by atoms with Crippen molar-refractivity contribution in [3.63, 3.8) is 0 Å². The first kappa shape index (κ1) is 20.0. The molecule has 148 valence electrons. The number of rotatable bonds is 4. The number of halogens is 3. The largest absolute Gasteiger partial charge is 0.497 e. The fourth-order valence-corrected chi connectivity index (χ4v) is 5.57. The summed E-state index contributed by atoms with van der Waals surface area (Å²) < 4.78 is 9.27. The van der Waals surface area contributed by atoms with Crippen LogP contribution in [0.3, 0.4) is 0 Å². The second kappa shape index (κ2) is 7.86. The Balaban J connectivity index is 1.97. The number of aromatic nitrogens is 2. The van der Waals surface area contributed by atoms with Crippen LogP contribution in [0.5, 0.6) is 5.75 Å². The molecule has 1 aliphatic rings. The van der Waals surface area contributed by atoms with Gasteiger partial charge in [-0.15, -0.1) is 0 Å². The van der Waals surface area contributed by atoms with Gasteiger partial charge in [0, 0.05) is 15.5 Å². The van der Waals surface area contributed by atoms with Gasteiger partial charge in [-0.05, 0) is 69.0 Å². The summed E-state index contributed by atoms with van der Waals surface area (Å²) in [6.07, 6.45) is 0.975. The average molecular weight is 530 g/mol. The SMILES string of the molecule is CCC(O)C1CCn2c(nc3c(Cl)cccc32)N1c1c(Br)cc(OC)cc1Br. The number of aryl methyl sites for hydroxylation is 1. The Morgan fingerprint density at radius 2 is 2.04 bits per heavy atom. The minimum atomic E-state index is -0.482. The van der Waals surface area contributed by atoms with E-state index in [1.807, 2.05) is 37.3 Å². The monoisotopic (exact) mass is 527 g/mol. The summed E-state index contributed by atoms with van der Waals surface area (Å²) in [7, 11) is 1.64. The second-order valence-corrected chi connectivity index (χ2v) is 8.93. The highest BCUT2D eigenvalue weighted by molar-refractivity contribution is 9.11. The molecule has 8 heteroatoms. The molecular weight excluding hydrogens is 510 g/mol. The summed E-state index contributed by atoms with van der Waals surface area (Å²) in [5.74, 6) is 1.52. The van der Waals surface area contributed by atoms with Crippen LogP contribution in [0.4, 0.5) is 11.6 Å². The molecule has 2 unspecified atom stereocenters. The Labute approximate surface area is 185 Å². The van der Waals surface area contributed by atoms with Crippen LogP contribution < -0.4 is 9.64 Å². The van der Waals surface area contributed by atoms with E-state index in [2.05, 4.69) is 41.3 Å². The van der Waals surface area contributed by atoms with Crippen molar-refractivity contribution >= 4 is 66.1 Å². The van der Waals surface area contributed by atoms with Crippen molar-refractivity contribution < 1.29 is 9.84 Å². The molecule has 3 aromatic rings. The van der Waals surface area contributed by atoms with Gasteiger partial charge in [-0.1, -0.05) is 24.6 Å². The van der Waals surface area contributed by atoms with Gasteiger partial charge in [-0.25, -0.2) is 4.98 Å². The molecule has 0 bridgehead atoms. The molecule has 0 saturated heterocycles. The number of benzene rings is 2. The lowest BCUT2D eigenvalue weighted by molar-refractivity contribution is 0.129. The fraction of sp³-hybridized carbons (Fsp3) is 0.350. The molecular formula is C20H20Br2ClN3O2. The third-order valence-corrected chi connectivity index (χ3v) is 6.75. The third-order valence-electron chi connectivity index (χ3n) is 5.23. The van der Waals surface area contributed by atoms with Gasteiger partial charge in [0.25, 0.3) is 0 Å². The van der Waals surface area contributed by atoms with Crippen molar-refractivity contribution in [1.29, 1.82) is 0 Å². The molecule has 0 saturated carbocycles. The minimum absolute atomic E-state index is 0.103. The normalized spacial score (nSPS) is 17.6. The number of fused-ring (bicyclic) bond motifs is 3. The number of hydrogen-bond acceptors (Lipinski definition) is 4. The zero-order valence-electron chi connectivity index (χ0n) is 15.5. The summed E-state index contributed by atoms with van der Waals surface area (Å²) in [6.45, 7) is 2.77. The number of para-hydroxylation sites is 1. The Kier molecular flexibility index (Phi) is 5.62. The van der Waals surface area contributed by atoms with E-state index in [0.717, 1.165) is 50.3 Å². The van der Waals surface area contributed by atoms with Crippen LogP contribution in [0.2, 0.25) is 5.02 Å². The summed E-state index contributed by atoms with van der Waals surface area (Å²) in [5, 5.41) is 11.4. The maximum atomic E-state index is 10.8. The first-order valence-electron chi connectivity index (χ1n) is 9.11. The number of anilines is 2. The molecule has 2 heterocycles. The highest BCUT2D eigenvalue weighted by Gasteiger charge is 2.36. The Morgan fingerprint density at radius 1 is 1.32 bits per heavy atom. The van der Waals surface area contributed by atoms with E-state index in [0.29, 0.717) is 11.4 Å². The van der Waals surface area contributed by atoms with Gasteiger partial charge in [0.05, 0.1) is 35.5 Å². The van der Waals surface area contributed by atoms with Crippen molar-refractivity contribution in [2.75, 3.05) is 12.0 Å². The lowest BCUT2D eigenvalue weighted by Crippen LogP contribution is -2.45. The van der Waals surface area contributed by atoms with Crippen LogP contribution in [-0.2, 0) is 6.54 Å². The van der Waals surface area contributed by atoms with Crippen LogP contribution in [0, 0.1) is 0 Å². The van der Waals surface area contributed by atoms with Crippen molar-refractivity contribution in [3.8, 4) is 5.75 Å². The molecule has 2 atom stereocenters. The van der Waals surface area contributed by atoms with Gasteiger partial charge in [0.1, 0.15) is 11.3 Å². The molecule has 2 aromatic carbocycles. The van der Waals surface area contributed by atoms with Crippen molar-refractivity contribution in [1.82, 2.24) is 9.55 Å². The van der Waals surface area contributed by atoms with E-state index in [9.17, 15) is 5.11 Å². The molecule has 5 nitrogen and oxygen atoms in total. The zero-order chi connectivity index (χ0) is 20.0. The van der Waals surface area contributed by atoms with Gasteiger partial charge in [-0.3, -0.25) is 0 Å². The van der Waals surface area contributed by atoms with E-state index in [4.69, 9.17) is 21.3 Å². The topological polar surface area (TPSA) is 50.5 Å². The lowest BCUT2D eigenvalue weighted by atomic mass is 10.0. The van der Waals surface area contributed by atoms with Gasteiger partial charge in [-0.2, -0.15) is 0 Å². The van der Waals surface area contributed by atoms with Crippen LogP contribution >= 0.6 is 43.5 Å². The van der Waals surface area contributed by atoms with E-state index in [1.54, 1.807) is 7.11 Å². The predicted molar refractivity (Wildman–Crippen MR) is 120 cm³/mol. The number of methoxy groups -OCH3 is 1. The van der Waals surface area contributed by atoms with Crippen molar-refractivity contribution in [3.05, 3.63) is 44.3 Å². The lowest BCUT2D eigenvalue weighted by Gasteiger charge is -2.40. The van der Waals surface area contributed by atoms with E-state index < -0.39 is 6.10 Å². The maximum absolute atomic E-state index is 10.8. The first-order valence-corrected chi connectivity index (χ1v) is 11.1. The number of nitrogens with zero attached hydrogens (tertiary/aromatic N) is 3. The Hall–Kier alpha value is -1.28. The molecule has 0 amide bonds. The van der Waals surface area contributed by atoms with Crippen LogP contribution in [0.1, 0.15) is 19.8 Å². The molecule has 0 aliphatic carbocycles. The predicted octanol–water partition coefficient (Wildman–Crippen LogP) is 5.90. The van der Waals surface area contributed by atoms with Crippen molar-refractivity contribution in [2.24, 2.45) is 0 Å². The molecule has 4 rings (SSSR count). The van der Waals surface area contributed by atoms with E-state index in [1.165, 1.54) is 0 Å². The van der Waals surface area contributed by atoms with Gasteiger partial charge < -0.3 is 19.3 Å².